The normalized spacial score (nSPS) is 15.7. The van der Waals surface area contributed by atoms with Crippen LogP contribution in [0.5, 0.6) is 0 Å². The fraction of sp³-hybridized carbons (Fsp3) is 0.588. The molecule has 2 heterocycles. The Morgan fingerprint density at radius 3 is 2.56 bits per heavy atom. The summed E-state index contributed by atoms with van der Waals surface area (Å²) in [6.45, 7) is 5.41. The summed E-state index contributed by atoms with van der Waals surface area (Å²) in [6, 6.07) is 2.73. The fourth-order valence-corrected chi connectivity index (χ4v) is 2.85. The molecule has 1 aromatic rings. The van der Waals surface area contributed by atoms with Gasteiger partial charge in [0.1, 0.15) is 11.4 Å². The summed E-state index contributed by atoms with van der Waals surface area (Å²) in [6.07, 6.45) is 3.86. The lowest BCUT2D eigenvalue weighted by molar-refractivity contribution is -0.121. The summed E-state index contributed by atoms with van der Waals surface area (Å²) < 4.78 is 0. The highest BCUT2D eigenvalue weighted by atomic mass is 16.2. The Balaban J connectivity index is 1.63. The van der Waals surface area contributed by atoms with Crippen LogP contribution in [0.1, 0.15) is 53.6 Å². The van der Waals surface area contributed by atoms with Crippen LogP contribution in [0.2, 0.25) is 0 Å². The van der Waals surface area contributed by atoms with Gasteiger partial charge in [0.15, 0.2) is 0 Å². The van der Waals surface area contributed by atoms with Gasteiger partial charge >= 0.3 is 0 Å². The van der Waals surface area contributed by atoms with Crippen molar-refractivity contribution in [3.05, 3.63) is 23.5 Å². The molecule has 0 aromatic carbocycles. The van der Waals surface area contributed by atoms with Gasteiger partial charge < -0.3 is 26.3 Å². The molecule has 25 heavy (non-hydrogen) atoms. The molecule has 0 aliphatic carbocycles. The summed E-state index contributed by atoms with van der Waals surface area (Å²) in [5.74, 6) is -0.965. The second-order valence-electron chi connectivity index (χ2n) is 6.48. The third-order valence-electron chi connectivity index (χ3n) is 4.26. The number of nitrogens with two attached hydrogens (primary N) is 1. The van der Waals surface area contributed by atoms with Gasteiger partial charge in [-0.2, -0.15) is 0 Å². The highest BCUT2D eigenvalue weighted by molar-refractivity contribution is 5.96. The molecule has 0 bridgehead atoms. The number of rotatable bonds is 9. The zero-order valence-electron chi connectivity index (χ0n) is 14.6. The number of carbonyl (C=O) groups excluding carboxylic acids is 3. The monoisotopic (exact) mass is 349 g/mol. The maximum absolute atomic E-state index is 12.0. The SMILES string of the molecule is C[C@@H](CNC(=O)CCCN1CCCC1)NC(=O)c1ccc(C(N)=O)[nH]1. The number of nitrogens with one attached hydrogen (secondary N) is 3. The maximum Gasteiger partial charge on any atom is 0.267 e. The standard InChI is InChI=1S/C17H27N5O3/c1-12(20-17(25)14-7-6-13(21-14)16(18)24)11-19-15(23)5-4-10-22-8-2-3-9-22/h6-7,12,21H,2-5,8-11H2,1H3,(H2,18,24)(H,19,23)(H,20,25)/t12-/m0/s1. The average molecular weight is 349 g/mol. The molecule has 1 aliphatic rings. The van der Waals surface area contributed by atoms with Crippen LogP contribution in [-0.2, 0) is 4.79 Å². The number of nitrogens with zero attached hydrogens (tertiary/aromatic N) is 1. The van der Waals surface area contributed by atoms with E-state index in [1.807, 2.05) is 0 Å². The first-order chi connectivity index (χ1) is 12.0. The van der Waals surface area contributed by atoms with Crippen molar-refractivity contribution in [3.63, 3.8) is 0 Å². The molecule has 1 saturated heterocycles. The molecule has 138 valence electrons. The van der Waals surface area contributed by atoms with E-state index in [1.54, 1.807) is 6.92 Å². The third-order valence-corrected chi connectivity index (χ3v) is 4.26. The molecule has 1 atom stereocenters. The van der Waals surface area contributed by atoms with Gasteiger partial charge in [0.05, 0.1) is 0 Å². The Kier molecular flexibility index (Phi) is 7.00. The van der Waals surface area contributed by atoms with Gasteiger partial charge in [-0.3, -0.25) is 14.4 Å². The molecule has 8 heteroatoms. The predicted octanol–water partition coefficient (Wildman–Crippen LogP) is 0.224. The van der Waals surface area contributed by atoms with E-state index >= 15 is 0 Å². The van der Waals surface area contributed by atoms with E-state index in [9.17, 15) is 14.4 Å². The lowest BCUT2D eigenvalue weighted by Crippen LogP contribution is -2.42. The molecule has 2 rings (SSSR count). The van der Waals surface area contributed by atoms with Gasteiger partial charge in [0.2, 0.25) is 5.91 Å². The predicted molar refractivity (Wildman–Crippen MR) is 94.2 cm³/mol. The molecule has 0 radical (unpaired) electrons. The van der Waals surface area contributed by atoms with E-state index in [1.165, 1.54) is 25.0 Å². The fourth-order valence-electron chi connectivity index (χ4n) is 2.85. The number of hydrogen-bond acceptors (Lipinski definition) is 4. The van der Waals surface area contributed by atoms with Gasteiger partial charge in [0, 0.05) is 19.0 Å². The molecular weight excluding hydrogens is 322 g/mol. The number of carbonyl (C=O) groups is 3. The van der Waals surface area contributed by atoms with Crippen molar-refractivity contribution in [1.82, 2.24) is 20.5 Å². The summed E-state index contributed by atoms with van der Waals surface area (Å²) in [7, 11) is 0. The second kappa shape index (κ2) is 9.22. The van der Waals surface area contributed by atoms with Crippen molar-refractivity contribution in [2.24, 2.45) is 5.73 Å². The molecule has 1 aliphatic heterocycles. The number of aromatic nitrogens is 1. The summed E-state index contributed by atoms with van der Waals surface area (Å²) in [4.78, 5) is 40.0. The van der Waals surface area contributed by atoms with Crippen LogP contribution in [0.4, 0.5) is 0 Å². The van der Waals surface area contributed by atoms with Crippen molar-refractivity contribution in [2.45, 2.75) is 38.6 Å². The Morgan fingerprint density at radius 2 is 1.92 bits per heavy atom. The molecule has 0 unspecified atom stereocenters. The van der Waals surface area contributed by atoms with Gasteiger partial charge in [-0.1, -0.05) is 0 Å². The minimum absolute atomic E-state index is 0.00353. The Morgan fingerprint density at radius 1 is 1.24 bits per heavy atom. The van der Waals surface area contributed by atoms with E-state index in [4.69, 9.17) is 5.73 Å². The van der Waals surface area contributed by atoms with Crippen LogP contribution < -0.4 is 16.4 Å². The first-order valence-electron chi connectivity index (χ1n) is 8.74. The van der Waals surface area contributed by atoms with Gasteiger partial charge in [-0.05, 0) is 58.0 Å². The lowest BCUT2D eigenvalue weighted by Gasteiger charge is -2.16. The highest BCUT2D eigenvalue weighted by Gasteiger charge is 2.14. The minimum atomic E-state index is -0.617. The molecule has 5 N–H and O–H groups in total. The zero-order chi connectivity index (χ0) is 18.2. The van der Waals surface area contributed by atoms with E-state index in [0.29, 0.717) is 13.0 Å². The van der Waals surface area contributed by atoms with Crippen LogP contribution in [0.3, 0.4) is 0 Å². The van der Waals surface area contributed by atoms with Crippen LogP contribution >= 0.6 is 0 Å². The number of aromatic amines is 1. The topological polar surface area (TPSA) is 120 Å². The van der Waals surface area contributed by atoms with Crippen molar-refractivity contribution in [3.8, 4) is 0 Å². The van der Waals surface area contributed by atoms with Gasteiger partial charge in [-0.25, -0.2) is 0 Å². The van der Waals surface area contributed by atoms with Crippen molar-refractivity contribution in [1.29, 1.82) is 0 Å². The first-order valence-corrected chi connectivity index (χ1v) is 8.74. The molecular formula is C17H27N5O3. The summed E-state index contributed by atoms with van der Waals surface area (Å²) >= 11 is 0. The third kappa shape index (κ3) is 6.22. The molecule has 0 saturated carbocycles. The van der Waals surface area contributed by atoms with Crippen molar-refractivity contribution < 1.29 is 14.4 Å². The lowest BCUT2D eigenvalue weighted by atomic mass is 10.2. The number of hydrogen-bond donors (Lipinski definition) is 4. The van der Waals surface area contributed by atoms with Crippen LogP contribution in [0.25, 0.3) is 0 Å². The van der Waals surface area contributed by atoms with E-state index in [-0.39, 0.29) is 29.2 Å². The number of amides is 3. The summed E-state index contributed by atoms with van der Waals surface area (Å²) in [5.41, 5.74) is 5.58. The Bertz CT molecular complexity index is 607. The number of likely N-dealkylation sites (tertiary alicyclic amines) is 1. The Hall–Kier alpha value is -2.35. The van der Waals surface area contributed by atoms with E-state index < -0.39 is 5.91 Å². The first kappa shape index (κ1) is 19.0. The van der Waals surface area contributed by atoms with Crippen LogP contribution in [-0.4, -0.2) is 59.8 Å². The Labute approximate surface area is 147 Å². The van der Waals surface area contributed by atoms with Gasteiger partial charge in [-0.15, -0.1) is 0 Å². The largest absolute Gasteiger partial charge is 0.364 e. The van der Waals surface area contributed by atoms with Gasteiger partial charge in [0.25, 0.3) is 11.8 Å². The smallest absolute Gasteiger partial charge is 0.267 e. The minimum Gasteiger partial charge on any atom is -0.364 e. The molecule has 1 aromatic heterocycles. The zero-order valence-corrected chi connectivity index (χ0v) is 14.6. The quantitative estimate of drug-likeness (QED) is 0.510. The molecule has 0 spiro atoms. The van der Waals surface area contributed by atoms with Crippen LogP contribution in [0.15, 0.2) is 12.1 Å². The second-order valence-corrected chi connectivity index (χ2v) is 6.48. The number of H-pyrrole nitrogens is 1. The van der Waals surface area contributed by atoms with Crippen molar-refractivity contribution in [2.75, 3.05) is 26.2 Å². The van der Waals surface area contributed by atoms with E-state index in [2.05, 4.69) is 20.5 Å². The van der Waals surface area contributed by atoms with Crippen LogP contribution in [0, 0.1) is 0 Å². The maximum atomic E-state index is 12.0. The van der Waals surface area contributed by atoms with E-state index in [0.717, 1.165) is 26.1 Å². The molecule has 3 amide bonds. The van der Waals surface area contributed by atoms with Crippen molar-refractivity contribution >= 4 is 17.7 Å². The molecule has 8 nitrogen and oxygen atoms in total. The average Bonchev–Trinajstić information content (AvgIpc) is 3.24. The highest BCUT2D eigenvalue weighted by Crippen LogP contribution is 2.08. The molecule has 1 fully saturated rings. The number of primary amides is 1. The summed E-state index contributed by atoms with van der Waals surface area (Å²) in [5, 5.41) is 5.59.